The molecule has 13 heteroatoms. The molecule has 7 rings (SSSR count). The molecule has 2 aromatic rings. The molecule has 3 heterocycles. The number of methoxy groups -OCH3 is 1. The Hall–Kier alpha value is -3.32. The van der Waals surface area contributed by atoms with Gasteiger partial charge in [-0.3, -0.25) is 4.79 Å². The number of fused-ring (bicyclic) bond motifs is 4. The summed E-state index contributed by atoms with van der Waals surface area (Å²) in [4.78, 5) is 31.0. The molecular weight excluding hydrogens is 694 g/mol. The van der Waals surface area contributed by atoms with Gasteiger partial charge in [-0.15, -0.1) is 0 Å². The minimum Gasteiger partial charge on any atom is -0.490 e. The largest absolute Gasteiger partial charge is 0.490 e. The minimum absolute atomic E-state index is 0.0193. The maximum Gasteiger partial charge on any atom is 0.410 e. The molecule has 1 spiro atoms. The fourth-order valence-electron chi connectivity index (χ4n) is 8.51. The summed E-state index contributed by atoms with van der Waals surface area (Å²) in [5.74, 6) is -0.0455. The average Bonchev–Trinajstić information content (AvgIpc) is 3.49. The van der Waals surface area contributed by atoms with E-state index in [1.807, 2.05) is 18.2 Å². The third-order valence-corrected chi connectivity index (χ3v) is 13.1. The van der Waals surface area contributed by atoms with Crippen molar-refractivity contribution >= 4 is 39.3 Å². The lowest BCUT2D eigenvalue weighted by atomic mass is 9.68. The molecular formula is C38H48ClN3O8S. The molecule has 1 saturated carbocycles. The molecule has 3 aliphatic heterocycles. The Balaban J connectivity index is 1.27. The van der Waals surface area contributed by atoms with Crippen molar-refractivity contribution in [3.8, 4) is 5.75 Å². The lowest BCUT2D eigenvalue weighted by molar-refractivity contribution is -0.139. The molecule has 2 amide bonds. The normalized spacial score (nSPS) is 30.5. The highest BCUT2D eigenvalue weighted by molar-refractivity contribution is 7.90. The molecule has 5 atom stereocenters. The molecule has 2 aromatic carbocycles. The third-order valence-electron chi connectivity index (χ3n) is 11.5. The molecule has 1 saturated heterocycles. The average molecular weight is 742 g/mol. The fraction of sp³-hybridized carbons (Fsp3) is 0.579. The van der Waals surface area contributed by atoms with Crippen LogP contribution in [-0.4, -0.2) is 89.6 Å². The molecule has 5 aliphatic rings. The summed E-state index contributed by atoms with van der Waals surface area (Å²) >= 11 is 6.45. The number of sulfonamides is 1. The second kappa shape index (κ2) is 14.2. The van der Waals surface area contributed by atoms with E-state index in [0.29, 0.717) is 49.3 Å². The molecule has 0 aromatic heterocycles. The first-order chi connectivity index (χ1) is 24.4. The fourth-order valence-corrected chi connectivity index (χ4v) is 9.83. The van der Waals surface area contributed by atoms with Gasteiger partial charge in [0, 0.05) is 43.1 Å². The van der Waals surface area contributed by atoms with Crippen LogP contribution in [-0.2, 0) is 40.9 Å². The van der Waals surface area contributed by atoms with Crippen LogP contribution in [0.1, 0.15) is 63.5 Å². The zero-order chi connectivity index (χ0) is 36.0. The Morgan fingerprint density at radius 1 is 1.12 bits per heavy atom. The predicted molar refractivity (Wildman–Crippen MR) is 193 cm³/mol. The molecule has 2 bridgehead atoms. The topological polar surface area (TPSA) is 124 Å². The first-order valence-corrected chi connectivity index (χ1v) is 19.9. The predicted octanol–water partition coefficient (Wildman–Crippen LogP) is 5.63. The molecule has 11 nitrogen and oxygen atoms in total. The van der Waals surface area contributed by atoms with E-state index >= 15 is 0 Å². The van der Waals surface area contributed by atoms with Gasteiger partial charge >= 0.3 is 6.09 Å². The standard InChI is InChI=1S/C38H48ClN3O8S/c1-37(2)35(43)40-51(45,46)29-12-15-34-32(20-29)41(23-38(24-48-34)16-4-7-25-19-27(39)11-14-31(25)38)21-26-10-13-30(26)33(9-6-18-49-37)50-36(44)42-17-5-8-28(42)22-47-3/h6,9,11-12,14-15,19-20,26,28,30,33H,4-5,7-8,10,13,16-18,21-24H2,1-3H3,(H,40,43)/b9-6-/t26-,28-,30+,33-,38-/m0/s1. The Bertz CT molecular complexity index is 1800. The summed E-state index contributed by atoms with van der Waals surface area (Å²) in [5.41, 5.74) is 1.24. The first-order valence-electron chi connectivity index (χ1n) is 18.0. The van der Waals surface area contributed by atoms with Crippen LogP contribution in [0, 0.1) is 11.8 Å². The number of halogens is 1. The zero-order valence-electron chi connectivity index (χ0n) is 29.6. The van der Waals surface area contributed by atoms with Crippen molar-refractivity contribution in [1.29, 1.82) is 0 Å². The number of likely N-dealkylation sites (tertiary alicyclic amines) is 1. The van der Waals surface area contributed by atoms with Crippen LogP contribution in [0.4, 0.5) is 10.5 Å². The van der Waals surface area contributed by atoms with Gasteiger partial charge < -0.3 is 28.7 Å². The first kappa shape index (κ1) is 36.1. The number of benzene rings is 2. The summed E-state index contributed by atoms with van der Waals surface area (Å²) in [6.45, 7) is 5.78. The molecule has 1 N–H and O–H groups in total. The van der Waals surface area contributed by atoms with Gasteiger partial charge in [0.1, 0.15) is 17.5 Å². The van der Waals surface area contributed by atoms with Gasteiger partial charge in [-0.05, 0) is 112 Å². The van der Waals surface area contributed by atoms with Crippen molar-refractivity contribution in [2.24, 2.45) is 11.8 Å². The van der Waals surface area contributed by atoms with E-state index < -0.39 is 27.6 Å². The SMILES string of the molecule is COC[C@@H]1CCCN1C(=O)O[C@H]1/C=C\COC(C)(C)C(=O)NS(=O)(=O)c2ccc3c(c2)N(C[C@@H]2CC[C@H]21)C[C@@]1(CCCc2cc(Cl)ccc21)CO3. The number of ether oxygens (including phenoxy) is 4. The van der Waals surface area contributed by atoms with E-state index in [4.69, 9.17) is 30.5 Å². The number of carbonyl (C=O) groups excluding carboxylic acids is 2. The number of amides is 2. The van der Waals surface area contributed by atoms with E-state index in [1.54, 1.807) is 30.2 Å². The number of nitrogens with zero attached hydrogens (tertiary/aromatic N) is 2. The number of anilines is 1. The lowest BCUT2D eigenvalue weighted by Gasteiger charge is -2.46. The quantitative estimate of drug-likeness (QED) is 0.399. The van der Waals surface area contributed by atoms with Crippen molar-refractivity contribution in [3.05, 3.63) is 64.7 Å². The van der Waals surface area contributed by atoms with Crippen LogP contribution in [0.5, 0.6) is 5.75 Å². The number of rotatable bonds is 3. The number of carbonyl (C=O) groups is 2. The Labute approximate surface area is 305 Å². The van der Waals surface area contributed by atoms with Gasteiger partial charge in [-0.1, -0.05) is 23.7 Å². The number of hydrogen-bond donors (Lipinski definition) is 1. The second-order valence-corrected chi connectivity index (χ2v) is 17.3. The minimum atomic E-state index is -4.24. The van der Waals surface area contributed by atoms with Crippen LogP contribution in [0.25, 0.3) is 0 Å². The number of nitrogens with one attached hydrogen (secondary N) is 1. The van der Waals surface area contributed by atoms with Crippen molar-refractivity contribution in [1.82, 2.24) is 9.62 Å². The van der Waals surface area contributed by atoms with Gasteiger partial charge in [0.2, 0.25) is 0 Å². The summed E-state index contributed by atoms with van der Waals surface area (Å²) in [6.07, 6.45) is 9.10. The number of hydrogen-bond acceptors (Lipinski definition) is 9. The van der Waals surface area contributed by atoms with Gasteiger partial charge in [0.15, 0.2) is 0 Å². The van der Waals surface area contributed by atoms with E-state index in [9.17, 15) is 18.0 Å². The van der Waals surface area contributed by atoms with E-state index in [1.165, 1.54) is 31.0 Å². The van der Waals surface area contributed by atoms with Gasteiger partial charge in [-0.25, -0.2) is 17.9 Å². The van der Waals surface area contributed by atoms with Crippen molar-refractivity contribution in [2.45, 2.75) is 86.9 Å². The van der Waals surface area contributed by atoms with Crippen molar-refractivity contribution < 1.29 is 37.0 Å². The summed E-state index contributed by atoms with van der Waals surface area (Å²) in [6, 6.07) is 10.9. The molecule has 0 radical (unpaired) electrons. The van der Waals surface area contributed by atoms with Gasteiger partial charge in [0.05, 0.1) is 36.4 Å². The third kappa shape index (κ3) is 7.21. The van der Waals surface area contributed by atoms with Gasteiger partial charge in [0.25, 0.3) is 15.9 Å². The van der Waals surface area contributed by atoms with Crippen LogP contribution in [0.15, 0.2) is 53.4 Å². The summed E-state index contributed by atoms with van der Waals surface area (Å²) in [7, 11) is -2.60. The van der Waals surface area contributed by atoms with Crippen LogP contribution in [0.2, 0.25) is 5.02 Å². The summed E-state index contributed by atoms with van der Waals surface area (Å²) < 4.78 is 53.7. The molecule has 276 valence electrons. The van der Waals surface area contributed by atoms with Crippen LogP contribution in [0.3, 0.4) is 0 Å². The zero-order valence-corrected chi connectivity index (χ0v) is 31.1. The van der Waals surface area contributed by atoms with Crippen molar-refractivity contribution in [2.75, 3.05) is 51.5 Å². The van der Waals surface area contributed by atoms with Crippen LogP contribution >= 0.6 is 11.6 Å². The highest BCUT2D eigenvalue weighted by Crippen LogP contribution is 2.47. The van der Waals surface area contributed by atoms with Gasteiger partial charge in [-0.2, -0.15) is 0 Å². The smallest absolute Gasteiger partial charge is 0.410 e. The monoisotopic (exact) mass is 741 g/mol. The van der Waals surface area contributed by atoms with Crippen LogP contribution < -0.4 is 14.4 Å². The molecule has 51 heavy (non-hydrogen) atoms. The molecule has 2 aliphatic carbocycles. The lowest BCUT2D eigenvalue weighted by Crippen LogP contribution is -2.50. The number of aryl methyl sites for hydroxylation is 1. The maximum atomic E-state index is 13.7. The Morgan fingerprint density at radius 3 is 2.75 bits per heavy atom. The van der Waals surface area contributed by atoms with Crippen molar-refractivity contribution in [3.63, 3.8) is 0 Å². The Morgan fingerprint density at radius 2 is 1.96 bits per heavy atom. The Kier molecular flexibility index (Phi) is 10.1. The molecule has 0 unspecified atom stereocenters. The summed E-state index contributed by atoms with van der Waals surface area (Å²) in [5, 5.41) is 0.701. The maximum absolute atomic E-state index is 13.7. The highest BCUT2D eigenvalue weighted by atomic mass is 35.5. The van der Waals surface area contributed by atoms with E-state index in [0.717, 1.165) is 44.9 Å². The van der Waals surface area contributed by atoms with E-state index in [-0.39, 0.29) is 40.9 Å². The van der Waals surface area contributed by atoms with E-state index in [2.05, 4.69) is 15.7 Å². The molecule has 2 fully saturated rings. The second-order valence-electron chi connectivity index (χ2n) is 15.2. The highest BCUT2D eigenvalue weighted by Gasteiger charge is 2.46.